The molecule has 0 aliphatic heterocycles. The van der Waals surface area contributed by atoms with E-state index in [4.69, 9.17) is 9.47 Å². The van der Waals surface area contributed by atoms with Crippen molar-refractivity contribution < 1.29 is 19.1 Å². The summed E-state index contributed by atoms with van der Waals surface area (Å²) >= 11 is 0. The fourth-order valence-electron chi connectivity index (χ4n) is 4.59. The van der Waals surface area contributed by atoms with Gasteiger partial charge in [-0.15, -0.1) is 0 Å². The number of fused-ring (bicyclic) bond motifs is 2. The second-order valence-corrected chi connectivity index (χ2v) is 7.98. The average molecular weight is 409 g/mol. The van der Waals surface area contributed by atoms with Gasteiger partial charge < -0.3 is 9.47 Å². The zero-order valence-corrected chi connectivity index (χ0v) is 18.6. The Bertz CT molecular complexity index is 867. The van der Waals surface area contributed by atoms with Gasteiger partial charge in [0.05, 0.1) is 25.3 Å². The van der Waals surface area contributed by atoms with Crippen LogP contribution in [0.3, 0.4) is 0 Å². The lowest BCUT2D eigenvalue weighted by Crippen LogP contribution is -2.24. The third-order valence-corrected chi connectivity index (χ3v) is 6.14. The van der Waals surface area contributed by atoms with Crippen LogP contribution in [0.2, 0.25) is 0 Å². The summed E-state index contributed by atoms with van der Waals surface area (Å²) in [6, 6.07) is 8.47. The van der Waals surface area contributed by atoms with Crippen LogP contribution < -0.4 is 0 Å². The largest absolute Gasteiger partial charge is 0.465 e. The lowest BCUT2D eigenvalue weighted by molar-refractivity contribution is 0.0552. The molecule has 0 saturated carbocycles. The lowest BCUT2D eigenvalue weighted by Gasteiger charge is -2.29. The predicted octanol–water partition coefficient (Wildman–Crippen LogP) is 5.44. The van der Waals surface area contributed by atoms with Crippen molar-refractivity contribution >= 4 is 11.9 Å². The van der Waals surface area contributed by atoms with Crippen LogP contribution in [0.1, 0.15) is 93.6 Å². The van der Waals surface area contributed by atoms with Crippen molar-refractivity contribution in [2.75, 3.05) is 14.2 Å². The smallest absolute Gasteiger partial charge is 0.339 e. The maximum Gasteiger partial charge on any atom is 0.339 e. The average Bonchev–Trinajstić information content (AvgIpc) is 2.78. The van der Waals surface area contributed by atoms with E-state index in [9.17, 15) is 9.59 Å². The molecule has 160 valence electrons. The van der Waals surface area contributed by atoms with Crippen molar-refractivity contribution in [3.63, 3.8) is 0 Å². The molecule has 0 fully saturated rings. The zero-order chi connectivity index (χ0) is 21.7. The molecule has 1 aliphatic carbocycles. The molecule has 4 heteroatoms. The molecule has 0 bridgehead atoms. The predicted molar refractivity (Wildman–Crippen MR) is 118 cm³/mol. The SMILES string of the molecule is CCCCc1c2c(c(CCCC)c(C(=O)OC)c1C(=O)OC)Cc1ccccc1C2. The summed E-state index contributed by atoms with van der Waals surface area (Å²) in [5.41, 5.74) is 7.78. The standard InChI is InChI=1S/C26H32O4/c1-5-7-13-19-21-15-17-11-9-10-12-18(17)16-22(21)20(14-8-6-2)24(26(28)30-4)23(19)25(27)29-3/h9-12H,5-8,13-16H2,1-4H3. The first-order valence-electron chi connectivity index (χ1n) is 11.0. The molecule has 0 N–H and O–H groups in total. The molecule has 0 spiro atoms. The molecule has 0 atom stereocenters. The molecule has 0 aromatic heterocycles. The van der Waals surface area contributed by atoms with Gasteiger partial charge in [-0.3, -0.25) is 0 Å². The summed E-state index contributed by atoms with van der Waals surface area (Å²) in [5.74, 6) is -0.887. The summed E-state index contributed by atoms with van der Waals surface area (Å²) in [6.07, 6.45) is 7.01. The highest BCUT2D eigenvalue weighted by Gasteiger charge is 2.33. The van der Waals surface area contributed by atoms with Crippen molar-refractivity contribution in [2.45, 2.75) is 65.2 Å². The molecular formula is C26H32O4. The lowest BCUT2D eigenvalue weighted by atomic mass is 9.75. The summed E-state index contributed by atoms with van der Waals surface area (Å²) in [4.78, 5) is 25.9. The Kier molecular flexibility index (Phi) is 7.30. The molecule has 0 amide bonds. The number of hydrogen-bond acceptors (Lipinski definition) is 4. The Morgan fingerprint density at radius 2 is 1.17 bits per heavy atom. The first-order chi connectivity index (χ1) is 14.6. The van der Waals surface area contributed by atoms with Crippen LogP contribution in [0, 0.1) is 0 Å². The fourth-order valence-corrected chi connectivity index (χ4v) is 4.59. The van der Waals surface area contributed by atoms with Gasteiger partial charge in [0.2, 0.25) is 0 Å². The number of methoxy groups -OCH3 is 2. The van der Waals surface area contributed by atoms with Crippen LogP contribution in [0.5, 0.6) is 0 Å². The van der Waals surface area contributed by atoms with E-state index in [-0.39, 0.29) is 0 Å². The number of carbonyl (C=O) groups excluding carboxylic acids is 2. The molecule has 0 unspecified atom stereocenters. The molecule has 30 heavy (non-hydrogen) atoms. The summed E-state index contributed by atoms with van der Waals surface area (Å²) in [7, 11) is 2.76. The second kappa shape index (κ2) is 9.92. The normalized spacial score (nSPS) is 12.1. The van der Waals surface area contributed by atoms with Crippen LogP contribution >= 0.6 is 0 Å². The quantitative estimate of drug-likeness (QED) is 0.466. The number of unbranched alkanes of at least 4 members (excludes halogenated alkanes) is 2. The Hall–Kier alpha value is -2.62. The van der Waals surface area contributed by atoms with E-state index in [1.165, 1.54) is 36.5 Å². The van der Waals surface area contributed by atoms with E-state index in [0.29, 0.717) is 11.1 Å². The molecule has 0 heterocycles. The fraction of sp³-hybridized carbons (Fsp3) is 0.462. The van der Waals surface area contributed by atoms with Crippen LogP contribution in [-0.2, 0) is 35.2 Å². The summed E-state index contributed by atoms with van der Waals surface area (Å²) in [5, 5.41) is 0. The number of esters is 2. The highest BCUT2D eigenvalue weighted by molar-refractivity contribution is 6.06. The first kappa shape index (κ1) is 22.1. The Labute approximate surface area is 179 Å². The van der Waals surface area contributed by atoms with Gasteiger partial charge in [-0.25, -0.2) is 9.59 Å². The van der Waals surface area contributed by atoms with Gasteiger partial charge in [0.1, 0.15) is 0 Å². The molecule has 1 aliphatic rings. The monoisotopic (exact) mass is 408 g/mol. The van der Waals surface area contributed by atoms with E-state index >= 15 is 0 Å². The maximum atomic E-state index is 13.0. The molecule has 0 saturated heterocycles. The van der Waals surface area contributed by atoms with E-state index < -0.39 is 11.9 Å². The molecule has 0 radical (unpaired) electrons. The van der Waals surface area contributed by atoms with Crippen molar-refractivity contribution in [1.29, 1.82) is 0 Å². The zero-order valence-electron chi connectivity index (χ0n) is 18.6. The number of carbonyl (C=O) groups is 2. The van der Waals surface area contributed by atoms with Gasteiger partial charge in [-0.2, -0.15) is 0 Å². The van der Waals surface area contributed by atoms with Crippen molar-refractivity contribution in [3.8, 4) is 0 Å². The summed E-state index contributed by atoms with van der Waals surface area (Å²) < 4.78 is 10.3. The van der Waals surface area contributed by atoms with Crippen LogP contribution in [0.4, 0.5) is 0 Å². The van der Waals surface area contributed by atoms with Gasteiger partial charge in [-0.05, 0) is 71.9 Å². The Morgan fingerprint density at radius 3 is 1.50 bits per heavy atom. The molecule has 2 aromatic rings. The van der Waals surface area contributed by atoms with Gasteiger partial charge >= 0.3 is 11.9 Å². The minimum atomic E-state index is -0.444. The number of rotatable bonds is 8. The Morgan fingerprint density at radius 1 is 0.767 bits per heavy atom. The minimum Gasteiger partial charge on any atom is -0.465 e. The second-order valence-electron chi connectivity index (χ2n) is 7.98. The van der Waals surface area contributed by atoms with Gasteiger partial charge in [0.15, 0.2) is 0 Å². The van der Waals surface area contributed by atoms with Crippen molar-refractivity contribution in [1.82, 2.24) is 0 Å². The van der Waals surface area contributed by atoms with E-state index in [1.807, 2.05) is 0 Å². The minimum absolute atomic E-state index is 0.419. The van der Waals surface area contributed by atoms with Crippen LogP contribution in [-0.4, -0.2) is 26.2 Å². The topological polar surface area (TPSA) is 52.6 Å². The van der Waals surface area contributed by atoms with Crippen LogP contribution in [0.25, 0.3) is 0 Å². The van der Waals surface area contributed by atoms with Gasteiger partial charge in [0.25, 0.3) is 0 Å². The van der Waals surface area contributed by atoms with E-state index in [0.717, 1.165) is 62.5 Å². The Balaban J connectivity index is 2.35. The van der Waals surface area contributed by atoms with Crippen molar-refractivity contribution in [3.05, 3.63) is 68.8 Å². The molecule has 2 aromatic carbocycles. The molecule has 3 rings (SSSR count). The number of hydrogen-bond donors (Lipinski definition) is 0. The number of benzene rings is 2. The van der Waals surface area contributed by atoms with Gasteiger partial charge in [0, 0.05) is 0 Å². The first-order valence-corrected chi connectivity index (χ1v) is 11.0. The van der Waals surface area contributed by atoms with Gasteiger partial charge in [-0.1, -0.05) is 51.0 Å². The highest BCUT2D eigenvalue weighted by Crippen LogP contribution is 2.38. The number of ether oxygens (including phenoxy) is 2. The summed E-state index contributed by atoms with van der Waals surface area (Å²) in [6.45, 7) is 4.27. The maximum absolute atomic E-state index is 13.0. The third-order valence-electron chi connectivity index (χ3n) is 6.14. The van der Waals surface area contributed by atoms with E-state index in [2.05, 4.69) is 38.1 Å². The molecular weight excluding hydrogens is 376 g/mol. The van der Waals surface area contributed by atoms with E-state index in [1.54, 1.807) is 0 Å². The third kappa shape index (κ3) is 4.14. The molecule has 4 nitrogen and oxygen atoms in total. The van der Waals surface area contributed by atoms with Crippen molar-refractivity contribution in [2.24, 2.45) is 0 Å². The van der Waals surface area contributed by atoms with Crippen LogP contribution in [0.15, 0.2) is 24.3 Å². The highest BCUT2D eigenvalue weighted by atomic mass is 16.5.